The van der Waals surface area contributed by atoms with Crippen LogP contribution < -0.4 is 14.9 Å². The first-order valence-electron chi connectivity index (χ1n) is 9.66. The second-order valence-electron chi connectivity index (χ2n) is 6.95. The molecule has 0 bridgehead atoms. The van der Waals surface area contributed by atoms with E-state index in [0.29, 0.717) is 5.76 Å². The Labute approximate surface area is 185 Å². The van der Waals surface area contributed by atoms with Crippen LogP contribution in [0.25, 0.3) is 0 Å². The number of benzene rings is 2. The zero-order chi connectivity index (χ0) is 23.1. The molecule has 3 rings (SSSR count). The highest BCUT2D eigenvalue weighted by molar-refractivity contribution is 7.89. The Morgan fingerprint density at radius 3 is 2.47 bits per heavy atom. The monoisotopic (exact) mass is 459 g/mol. The van der Waals surface area contributed by atoms with Crippen molar-refractivity contribution in [2.24, 2.45) is 0 Å². The predicted octanol–water partition coefficient (Wildman–Crippen LogP) is 2.36. The van der Waals surface area contributed by atoms with Gasteiger partial charge in [0.1, 0.15) is 18.1 Å². The van der Waals surface area contributed by atoms with E-state index in [1.54, 1.807) is 24.3 Å². The zero-order valence-electron chi connectivity index (χ0n) is 17.2. The van der Waals surface area contributed by atoms with Crippen LogP contribution in [0, 0.1) is 12.7 Å². The van der Waals surface area contributed by atoms with Crippen LogP contribution in [0.3, 0.4) is 0 Å². The van der Waals surface area contributed by atoms with Crippen molar-refractivity contribution in [3.05, 3.63) is 84.1 Å². The fraction of sp³-hybridized carbons (Fsp3) is 0.182. The van der Waals surface area contributed by atoms with Gasteiger partial charge in [-0.05, 0) is 49.4 Å². The highest BCUT2D eigenvalue weighted by Crippen LogP contribution is 2.16. The number of hydrogen-bond acceptors (Lipinski definition) is 5. The Bertz CT molecular complexity index is 1180. The van der Waals surface area contributed by atoms with E-state index in [2.05, 4.69) is 10.0 Å². The third-order valence-electron chi connectivity index (χ3n) is 4.51. The number of halogens is 1. The molecule has 0 radical (unpaired) electrons. The maximum atomic E-state index is 13.7. The number of furan rings is 1. The van der Waals surface area contributed by atoms with Gasteiger partial charge in [0.15, 0.2) is 0 Å². The minimum Gasteiger partial charge on any atom is -0.467 e. The fourth-order valence-corrected chi connectivity index (χ4v) is 3.79. The molecule has 2 amide bonds. The molecule has 8 nitrogen and oxygen atoms in total. The molecule has 0 atom stereocenters. The van der Waals surface area contributed by atoms with Crippen LogP contribution in [0.1, 0.15) is 11.3 Å². The van der Waals surface area contributed by atoms with E-state index in [1.807, 2.05) is 6.92 Å². The van der Waals surface area contributed by atoms with Crippen molar-refractivity contribution in [1.82, 2.24) is 10.0 Å². The summed E-state index contributed by atoms with van der Waals surface area (Å²) in [5.74, 6) is -1.33. The molecule has 0 unspecified atom stereocenters. The van der Waals surface area contributed by atoms with Crippen LogP contribution in [-0.4, -0.2) is 33.3 Å². The van der Waals surface area contributed by atoms with Crippen molar-refractivity contribution < 1.29 is 26.8 Å². The lowest BCUT2D eigenvalue weighted by atomic mass is 10.2. The molecule has 0 saturated heterocycles. The van der Waals surface area contributed by atoms with E-state index in [9.17, 15) is 22.4 Å². The maximum absolute atomic E-state index is 13.7. The van der Waals surface area contributed by atoms with Crippen molar-refractivity contribution >= 4 is 27.5 Å². The summed E-state index contributed by atoms with van der Waals surface area (Å²) in [6.07, 6.45) is 1.46. The number of sulfonamides is 1. The number of aryl methyl sites for hydroxylation is 1. The third kappa shape index (κ3) is 6.25. The molecular formula is C22H22FN3O5S. The van der Waals surface area contributed by atoms with Crippen molar-refractivity contribution in [3.8, 4) is 0 Å². The van der Waals surface area contributed by atoms with E-state index in [1.165, 1.54) is 36.6 Å². The Morgan fingerprint density at radius 1 is 1.06 bits per heavy atom. The van der Waals surface area contributed by atoms with Crippen LogP contribution in [0.5, 0.6) is 0 Å². The van der Waals surface area contributed by atoms with Gasteiger partial charge in [0.05, 0.1) is 24.2 Å². The molecule has 1 heterocycles. The fourth-order valence-electron chi connectivity index (χ4n) is 2.82. The van der Waals surface area contributed by atoms with Gasteiger partial charge in [0.25, 0.3) is 0 Å². The summed E-state index contributed by atoms with van der Waals surface area (Å²) in [4.78, 5) is 26.2. The molecule has 168 valence electrons. The molecule has 0 fully saturated rings. The van der Waals surface area contributed by atoms with Crippen molar-refractivity contribution in [2.45, 2.75) is 18.4 Å². The Balaban J connectivity index is 1.71. The lowest BCUT2D eigenvalue weighted by Crippen LogP contribution is -2.45. The quantitative estimate of drug-likeness (QED) is 0.511. The van der Waals surface area contributed by atoms with Crippen molar-refractivity contribution in [2.75, 3.05) is 18.0 Å². The first-order valence-corrected chi connectivity index (χ1v) is 11.1. The molecular weight excluding hydrogens is 437 g/mol. The number of hydrogen-bond donors (Lipinski definition) is 2. The number of carbonyl (C=O) groups is 2. The SMILES string of the molecule is Cc1ccc(S(=O)(=O)NCC(=O)N(CC(=O)NCc2ccco2)c2cccc(F)c2)cc1. The van der Waals surface area contributed by atoms with Crippen molar-refractivity contribution in [3.63, 3.8) is 0 Å². The molecule has 10 heteroatoms. The molecule has 1 aromatic heterocycles. The molecule has 2 aromatic carbocycles. The first-order chi connectivity index (χ1) is 15.2. The van der Waals surface area contributed by atoms with Crippen molar-refractivity contribution in [1.29, 1.82) is 0 Å². The highest BCUT2D eigenvalue weighted by atomic mass is 32.2. The molecule has 0 aliphatic heterocycles. The summed E-state index contributed by atoms with van der Waals surface area (Å²) in [5.41, 5.74) is 1.01. The predicted molar refractivity (Wildman–Crippen MR) is 116 cm³/mol. The van der Waals surface area contributed by atoms with Gasteiger partial charge in [-0.2, -0.15) is 0 Å². The summed E-state index contributed by atoms with van der Waals surface area (Å²) in [6.45, 7) is 0.881. The van der Waals surface area contributed by atoms with Crippen LogP contribution in [0.4, 0.5) is 10.1 Å². The van der Waals surface area contributed by atoms with E-state index in [-0.39, 0.29) is 17.1 Å². The minimum atomic E-state index is -3.95. The Hall–Kier alpha value is -3.50. The largest absolute Gasteiger partial charge is 0.467 e. The summed E-state index contributed by atoms with van der Waals surface area (Å²) in [6, 6.07) is 14.6. The van der Waals surface area contributed by atoms with Gasteiger partial charge in [0, 0.05) is 5.69 Å². The van der Waals surface area contributed by atoms with Gasteiger partial charge in [-0.25, -0.2) is 17.5 Å². The summed E-state index contributed by atoms with van der Waals surface area (Å²) in [5, 5.41) is 2.60. The average Bonchev–Trinajstić information content (AvgIpc) is 3.28. The number of anilines is 1. The van der Waals surface area contributed by atoms with Gasteiger partial charge in [-0.3, -0.25) is 9.59 Å². The lowest BCUT2D eigenvalue weighted by molar-refractivity contribution is -0.123. The zero-order valence-corrected chi connectivity index (χ0v) is 18.1. The smallest absolute Gasteiger partial charge is 0.242 e. The van der Waals surface area contributed by atoms with Gasteiger partial charge in [-0.15, -0.1) is 0 Å². The lowest BCUT2D eigenvalue weighted by Gasteiger charge is -2.22. The Morgan fingerprint density at radius 2 is 1.81 bits per heavy atom. The number of carbonyl (C=O) groups excluding carboxylic acids is 2. The van der Waals surface area contributed by atoms with Gasteiger partial charge < -0.3 is 14.6 Å². The van der Waals surface area contributed by atoms with E-state index < -0.39 is 40.7 Å². The van der Waals surface area contributed by atoms with Gasteiger partial charge >= 0.3 is 0 Å². The van der Waals surface area contributed by atoms with Gasteiger partial charge in [0.2, 0.25) is 21.8 Å². The third-order valence-corrected chi connectivity index (χ3v) is 5.92. The highest BCUT2D eigenvalue weighted by Gasteiger charge is 2.22. The van der Waals surface area contributed by atoms with E-state index in [0.717, 1.165) is 16.5 Å². The van der Waals surface area contributed by atoms with E-state index in [4.69, 9.17) is 4.42 Å². The maximum Gasteiger partial charge on any atom is 0.242 e. The summed E-state index contributed by atoms with van der Waals surface area (Å²) in [7, 11) is -3.95. The Kier molecular flexibility index (Phi) is 7.39. The summed E-state index contributed by atoms with van der Waals surface area (Å²) < 4.78 is 46.1. The second-order valence-corrected chi connectivity index (χ2v) is 8.72. The van der Waals surface area contributed by atoms with Crippen LogP contribution in [-0.2, 0) is 26.2 Å². The normalized spacial score (nSPS) is 11.2. The molecule has 0 aliphatic rings. The van der Waals surface area contributed by atoms with Crippen LogP contribution >= 0.6 is 0 Å². The molecule has 3 aromatic rings. The number of amides is 2. The molecule has 0 spiro atoms. The number of nitrogens with one attached hydrogen (secondary N) is 2. The topological polar surface area (TPSA) is 109 Å². The second kappa shape index (κ2) is 10.2. The van der Waals surface area contributed by atoms with Crippen LogP contribution in [0.2, 0.25) is 0 Å². The summed E-state index contributed by atoms with van der Waals surface area (Å²) >= 11 is 0. The van der Waals surface area contributed by atoms with E-state index >= 15 is 0 Å². The molecule has 0 saturated carbocycles. The van der Waals surface area contributed by atoms with Crippen LogP contribution in [0.15, 0.2) is 76.2 Å². The van der Waals surface area contributed by atoms with Gasteiger partial charge in [-0.1, -0.05) is 23.8 Å². The number of rotatable bonds is 9. The molecule has 2 N–H and O–H groups in total. The molecule has 32 heavy (non-hydrogen) atoms. The standard InChI is InChI=1S/C22H22FN3O5S/c1-16-7-9-20(10-8-16)32(29,30)25-14-22(28)26(18-5-2-4-17(23)12-18)15-21(27)24-13-19-6-3-11-31-19/h2-12,25H,13-15H2,1H3,(H,24,27). The molecule has 0 aliphatic carbocycles. The first kappa shape index (κ1) is 23.2. The minimum absolute atomic E-state index is 0.00407. The number of nitrogens with zero attached hydrogens (tertiary/aromatic N) is 1. The average molecular weight is 459 g/mol.